The lowest BCUT2D eigenvalue weighted by molar-refractivity contribution is 0.0699. The van der Waals surface area contributed by atoms with Crippen LogP contribution in [0.25, 0.3) is 0 Å². The lowest BCUT2D eigenvalue weighted by Gasteiger charge is -1.85. The maximum Gasteiger partial charge on any atom is 0.347 e. The Labute approximate surface area is 61.5 Å². The zero-order chi connectivity index (χ0) is 6.85. The number of rotatable bonds is 1. The van der Waals surface area contributed by atoms with E-state index in [4.69, 9.17) is 5.11 Å². The molecule has 0 saturated carbocycles. The van der Waals surface area contributed by atoms with Crippen LogP contribution in [-0.4, -0.2) is 11.1 Å². The number of carboxylic acids is 1. The van der Waals surface area contributed by atoms with E-state index in [0.717, 1.165) is 0 Å². The van der Waals surface area contributed by atoms with Crippen molar-refractivity contribution in [1.29, 1.82) is 0 Å². The molecule has 1 N–H and O–H groups in total. The summed E-state index contributed by atoms with van der Waals surface area (Å²) in [6.07, 6.45) is 0. The summed E-state index contributed by atoms with van der Waals surface area (Å²) in [5, 5.41) is 10.1. The molecule has 48 valence electrons. The first-order chi connectivity index (χ1) is 4.22. The van der Waals surface area contributed by atoms with Gasteiger partial charge in [0.05, 0.1) is 0 Å². The molecule has 0 amide bonds. The number of aromatic carboxylic acids is 1. The molecule has 1 aromatic rings. The van der Waals surface area contributed by atoms with Crippen molar-refractivity contribution in [3.63, 3.8) is 0 Å². The monoisotopic (exact) mass is 160 g/mol. The van der Waals surface area contributed by atoms with Gasteiger partial charge in [-0.15, -0.1) is 24.0 Å². The lowest BCUT2D eigenvalue weighted by atomic mass is 10.5. The number of thiophene rings is 1. The van der Waals surface area contributed by atoms with Crippen LogP contribution in [0, 0.1) is 0 Å². The second kappa shape index (κ2) is 2.41. The van der Waals surface area contributed by atoms with Crippen molar-refractivity contribution < 1.29 is 9.90 Å². The summed E-state index contributed by atoms with van der Waals surface area (Å²) in [6, 6.07) is 1.66. The average Bonchev–Trinajstić information content (AvgIpc) is 2.13. The van der Waals surface area contributed by atoms with Crippen LogP contribution in [0.15, 0.2) is 16.3 Å². The predicted octanol–water partition coefficient (Wildman–Crippen LogP) is 1.73. The Hall–Kier alpha value is -0.480. The molecule has 0 atom stereocenters. The maximum atomic E-state index is 10.2. The first-order valence-electron chi connectivity index (χ1n) is 2.21. The van der Waals surface area contributed by atoms with Crippen molar-refractivity contribution in [3.8, 4) is 0 Å². The van der Waals surface area contributed by atoms with Crippen LogP contribution in [0.4, 0.5) is 0 Å². The first kappa shape index (κ1) is 6.64. The topological polar surface area (TPSA) is 37.3 Å². The Morgan fingerprint density at radius 1 is 1.78 bits per heavy atom. The van der Waals surface area contributed by atoms with Crippen molar-refractivity contribution in [1.82, 2.24) is 0 Å². The molecule has 1 heterocycles. The molecule has 0 aliphatic rings. The third-order valence-corrected chi connectivity index (χ3v) is 2.27. The lowest BCUT2D eigenvalue weighted by Crippen LogP contribution is -1.91. The molecule has 0 saturated heterocycles. The van der Waals surface area contributed by atoms with E-state index in [1.165, 1.54) is 11.3 Å². The van der Waals surface area contributed by atoms with Crippen molar-refractivity contribution in [2.24, 2.45) is 0 Å². The highest BCUT2D eigenvalue weighted by atomic mass is 32.1. The quantitative estimate of drug-likeness (QED) is 0.614. The summed E-state index contributed by atoms with van der Waals surface area (Å²) < 4.78 is 0. The molecule has 0 bridgehead atoms. The fraction of sp³-hybridized carbons (Fsp3) is 0. The standard InChI is InChI=1S/C5H4O2S2/c6-5(7)4-3(8)1-2-9-4/h1-2,8H,(H,6,7). The molecule has 0 radical (unpaired) electrons. The number of hydrogen-bond donors (Lipinski definition) is 2. The predicted molar refractivity (Wildman–Crippen MR) is 38.5 cm³/mol. The molecule has 0 unspecified atom stereocenters. The molecular weight excluding hydrogens is 156 g/mol. The van der Waals surface area contributed by atoms with Gasteiger partial charge in [0, 0.05) is 4.90 Å². The van der Waals surface area contributed by atoms with Crippen LogP contribution >= 0.6 is 24.0 Å². The highest BCUT2D eigenvalue weighted by molar-refractivity contribution is 7.80. The molecule has 0 spiro atoms. The van der Waals surface area contributed by atoms with Crippen LogP contribution in [0.5, 0.6) is 0 Å². The van der Waals surface area contributed by atoms with Gasteiger partial charge >= 0.3 is 5.97 Å². The molecule has 0 fully saturated rings. The second-order valence-corrected chi connectivity index (χ2v) is 2.84. The van der Waals surface area contributed by atoms with E-state index in [1.807, 2.05) is 0 Å². The molecular formula is C5H4O2S2. The SMILES string of the molecule is O=C(O)c1sccc1S. The third-order valence-electron chi connectivity index (χ3n) is 0.839. The summed E-state index contributed by atoms with van der Waals surface area (Å²) in [4.78, 5) is 11.1. The van der Waals surface area contributed by atoms with Gasteiger partial charge in [-0.1, -0.05) is 0 Å². The number of hydrogen-bond acceptors (Lipinski definition) is 3. The summed E-state index contributed by atoms with van der Waals surface area (Å²) in [5.41, 5.74) is 0. The van der Waals surface area contributed by atoms with Gasteiger partial charge in [-0.25, -0.2) is 4.79 Å². The summed E-state index contributed by atoms with van der Waals surface area (Å²) in [7, 11) is 0. The molecule has 1 rings (SSSR count). The highest BCUT2D eigenvalue weighted by Crippen LogP contribution is 2.19. The van der Waals surface area contributed by atoms with Crippen molar-refractivity contribution in [2.75, 3.05) is 0 Å². The van der Waals surface area contributed by atoms with Crippen LogP contribution in [0.1, 0.15) is 9.67 Å². The van der Waals surface area contributed by atoms with E-state index < -0.39 is 5.97 Å². The van der Waals surface area contributed by atoms with Gasteiger partial charge < -0.3 is 5.11 Å². The van der Waals surface area contributed by atoms with Gasteiger partial charge in [-0.2, -0.15) is 0 Å². The second-order valence-electron chi connectivity index (χ2n) is 1.44. The van der Waals surface area contributed by atoms with E-state index in [1.54, 1.807) is 11.4 Å². The Balaban J connectivity index is 3.08. The fourth-order valence-corrected chi connectivity index (χ4v) is 1.52. The largest absolute Gasteiger partial charge is 0.477 e. The van der Waals surface area contributed by atoms with Gasteiger partial charge in [-0.05, 0) is 11.4 Å². The van der Waals surface area contributed by atoms with Gasteiger partial charge in [0.1, 0.15) is 4.88 Å². The van der Waals surface area contributed by atoms with Gasteiger partial charge in [0.15, 0.2) is 0 Å². The molecule has 0 aliphatic carbocycles. The number of thiol groups is 1. The maximum absolute atomic E-state index is 10.2. The number of carbonyl (C=O) groups is 1. The minimum absolute atomic E-state index is 0.304. The molecule has 2 nitrogen and oxygen atoms in total. The summed E-state index contributed by atoms with van der Waals surface area (Å²) in [6.45, 7) is 0. The zero-order valence-electron chi connectivity index (χ0n) is 4.37. The molecule has 1 aromatic heterocycles. The van der Waals surface area contributed by atoms with Crippen molar-refractivity contribution in [3.05, 3.63) is 16.3 Å². The number of carboxylic acid groups (broad SMARTS) is 1. The minimum atomic E-state index is -0.907. The highest BCUT2D eigenvalue weighted by Gasteiger charge is 2.06. The van der Waals surface area contributed by atoms with E-state index in [2.05, 4.69) is 12.6 Å². The van der Waals surface area contributed by atoms with Crippen LogP contribution in [0.3, 0.4) is 0 Å². The van der Waals surface area contributed by atoms with Gasteiger partial charge in [0.2, 0.25) is 0 Å². The normalized spacial score (nSPS) is 9.44. The first-order valence-corrected chi connectivity index (χ1v) is 3.54. The Morgan fingerprint density at radius 2 is 2.44 bits per heavy atom. The van der Waals surface area contributed by atoms with Crippen LogP contribution in [0.2, 0.25) is 0 Å². The molecule has 0 aliphatic heterocycles. The van der Waals surface area contributed by atoms with Gasteiger partial charge in [0.25, 0.3) is 0 Å². The van der Waals surface area contributed by atoms with Gasteiger partial charge in [-0.3, -0.25) is 0 Å². The average molecular weight is 160 g/mol. The van der Waals surface area contributed by atoms with E-state index in [-0.39, 0.29) is 0 Å². The zero-order valence-corrected chi connectivity index (χ0v) is 6.08. The Kier molecular flexibility index (Phi) is 1.78. The third kappa shape index (κ3) is 1.25. The molecule has 0 aromatic carbocycles. The van der Waals surface area contributed by atoms with Crippen LogP contribution < -0.4 is 0 Å². The summed E-state index contributed by atoms with van der Waals surface area (Å²) >= 11 is 5.10. The molecule has 9 heavy (non-hydrogen) atoms. The van der Waals surface area contributed by atoms with E-state index in [0.29, 0.717) is 9.77 Å². The smallest absolute Gasteiger partial charge is 0.347 e. The van der Waals surface area contributed by atoms with Crippen molar-refractivity contribution >= 4 is 29.9 Å². The fourth-order valence-electron chi connectivity index (χ4n) is 0.463. The molecule has 4 heteroatoms. The van der Waals surface area contributed by atoms with E-state index in [9.17, 15) is 4.79 Å². The minimum Gasteiger partial charge on any atom is -0.477 e. The van der Waals surface area contributed by atoms with Crippen molar-refractivity contribution in [2.45, 2.75) is 4.90 Å². The Bertz CT molecular complexity index is 229. The van der Waals surface area contributed by atoms with Crippen LogP contribution in [-0.2, 0) is 0 Å². The summed E-state index contributed by atoms with van der Waals surface area (Å²) in [5.74, 6) is -0.907. The Morgan fingerprint density at radius 3 is 2.67 bits per heavy atom. The van der Waals surface area contributed by atoms with E-state index >= 15 is 0 Å².